The number of nitrogens with one attached hydrogen (secondary N) is 2. The molecule has 0 spiro atoms. The molecule has 2 N–H and O–H groups in total. The minimum atomic E-state index is -0.262. The van der Waals surface area contributed by atoms with Crippen LogP contribution in [0.5, 0.6) is 0 Å². The molecule has 0 bridgehead atoms. The first kappa shape index (κ1) is 14.2. The third-order valence-electron chi connectivity index (χ3n) is 2.42. The zero-order valence-electron chi connectivity index (χ0n) is 10.6. The summed E-state index contributed by atoms with van der Waals surface area (Å²) < 4.78 is 0.894. The number of hydrogen-bond donors (Lipinski definition) is 2. The molecule has 0 saturated heterocycles. The Morgan fingerprint density at radius 2 is 2.15 bits per heavy atom. The van der Waals surface area contributed by atoms with Gasteiger partial charge in [-0.3, -0.25) is 4.79 Å². The van der Waals surface area contributed by atoms with E-state index in [1.165, 1.54) is 6.20 Å². The normalized spacial score (nSPS) is 9.85. The standard InChI is InChI=1S/C14H13BrN4O/c1-2-8-16-13(20)12-7-9-17-14(19-12)18-11-6-4-3-5-10(11)15/h2-7,9H,1,8H2,(H,16,20)(H,17,18,19). The monoisotopic (exact) mass is 332 g/mol. The molecule has 0 fully saturated rings. The molecule has 2 aromatic rings. The van der Waals surface area contributed by atoms with Crippen LogP contribution < -0.4 is 10.6 Å². The van der Waals surface area contributed by atoms with Crippen molar-refractivity contribution in [2.24, 2.45) is 0 Å². The van der Waals surface area contributed by atoms with Crippen LogP contribution in [0.3, 0.4) is 0 Å². The molecule has 6 heteroatoms. The fourth-order valence-electron chi connectivity index (χ4n) is 1.48. The lowest BCUT2D eigenvalue weighted by atomic mass is 10.3. The van der Waals surface area contributed by atoms with Crippen LogP contribution in [-0.4, -0.2) is 22.4 Å². The van der Waals surface area contributed by atoms with Gasteiger partial charge in [0, 0.05) is 17.2 Å². The summed E-state index contributed by atoms with van der Waals surface area (Å²) in [6.07, 6.45) is 3.15. The molecule has 0 unspecified atom stereocenters. The first-order valence-corrected chi connectivity index (χ1v) is 6.73. The van der Waals surface area contributed by atoms with Crippen LogP contribution in [0.1, 0.15) is 10.5 Å². The molecule has 0 aliphatic rings. The molecule has 1 aromatic heterocycles. The number of nitrogens with zero attached hydrogens (tertiary/aromatic N) is 2. The van der Waals surface area contributed by atoms with E-state index < -0.39 is 0 Å². The van der Waals surface area contributed by atoms with E-state index in [4.69, 9.17) is 0 Å². The van der Waals surface area contributed by atoms with Gasteiger partial charge in [-0.1, -0.05) is 18.2 Å². The molecule has 2 rings (SSSR count). The van der Waals surface area contributed by atoms with Crippen LogP contribution >= 0.6 is 15.9 Å². The van der Waals surface area contributed by atoms with Gasteiger partial charge in [0.15, 0.2) is 0 Å². The van der Waals surface area contributed by atoms with E-state index in [2.05, 4.69) is 43.1 Å². The summed E-state index contributed by atoms with van der Waals surface area (Å²) >= 11 is 3.43. The highest BCUT2D eigenvalue weighted by molar-refractivity contribution is 9.10. The molecule has 1 amide bonds. The maximum atomic E-state index is 11.8. The quantitative estimate of drug-likeness (QED) is 0.826. The first-order valence-electron chi connectivity index (χ1n) is 5.94. The van der Waals surface area contributed by atoms with Crippen LogP contribution in [0, 0.1) is 0 Å². The number of benzene rings is 1. The van der Waals surface area contributed by atoms with Crippen LogP contribution in [0.4, 0.5) is 11.6 Å². The third-order valence-corrected chi connectivity index (χ3v) is 3.11. The van der Waals surface area contributed by atoms with Gasteiger partial charge in [0.1, 0.15) is 5.69 Å². The SMILES string of the molecule is C=CCNC(=O)c1ccnc(Nc2ccccc2Br)n1. The Morgan fingerprint density at radius 3 is 2.90 bits per heavy atom. The summed E-state index contributed by atoms with van der Waals surface area (Å²) in [6, 6.07) is 9.16. The van der Waals surface area contributed by atoms with E-state index in [0.29, 0.717) is 18.2 Å². The van der Waals surface area contributed by atoms with E-state index in [0.717, 1.165) is 10.2 Å². The molecule has 1 heterocycles. The minimum absolute atomic E-state index is 0.262. The highest BCUT2D eigenvalue weighted by atomic mass is 79.9. The number of carbonyl (C=O) groups excluding carboxylic acids is 1. The van der Waals surface area contributed by atoms with Crippen molar-refractivity contribution in [2.45, 2.75) is 0 Å². The number of anilines is 2. The van der Waals surface area contributed by atoms with Crippen molar-refractivity contribution in [1.29, 1.82) is 0 Å². The van der Waals surface area contributed by atoms with Crippen molar-refractivity contribution in [2.75, 3.05) is 11.9 Å². The first-order chi connectivity index (χ1) is 9.70. The van der Waals surface area contributed by atoms with Gasteiger partial charge >= 0.3 is 0 Å². The molecule has 5 nitrogen and oxygen atoms in total. The van der Waals surface area contributed by atoms with Crippen LogP contribution in [0.15, 0.2) is 53.7 Å². The summed E-state index contributed by atoms with van der Waals surface area (Å²) in [5.41, 5.74) is 1.13. The Morgan fingerprint density at radius 1 is 1.35 bits per heavy atom. The zero-order valence-corrected chi connectivity index (χ0v) is 12.2. The van der Waals surface area contributed by atoms with E-state index in [-0.39, 0.29) is 5.91 Å². The van der Waals surface area contributed by atoms with Crippen molar-refractivity contribution >= 4 is 33.5 Å². The van der Waals surface area contributed by atoms with Crippen molar-refractivity contribution in [3.8, 4) is 0 Å². The fraction of sp³-hybridized carbons (Fsp3) is 0.0714. The summed E-state index contributed by atoms with van der Waals surface area (Å²) in [5.74, 6) is 0.102. The van der Waals surface area contributed by atoms with Gasteiger partial charge in [0.25, 0.3) is 5.91 Å². The predicted octanol–water partition coefficient (Wildman–Crippen LogP) is 2.90. The van der Waals surface area contributed by atoms with Crippen LogP contribution in [0.2, 0.25) is 0 Å². The number of carbonyl (C=O) groups is 1. The van der Waals surface area contributed by atoms with Gasteiger partial charge in [-0.25, -0.2) is 9.97 Å². The van der Waals surface area contributed by atoms with Gasteiger partial charge in [0.2, 0.25) is 5.95 Å². The molecule has 0 aliphatic heterocycles. The van der Waals surface area contributed by atoms with E-state index in [9.17, 15) is 4.79 Å². The second kappa shape index (κ2) is 6.81. The average Bonchev–Trinajstić information content (AvgIpc) is 2.47. The van der Waals surface area contributed by atoms with Gasteiger partial charge in [0.05, 0.1) is 5.69 Å². The number of aromatic nitrogens is 2. The number of amides is 1. The molecule has 102 valence electrons. The Balaban J connectivity index is 2.16. The molecular formula is C14H13BrN4O. The lowest BCUT2D eigenvalue weighted by Gasteiger charge is -2.07. The van der Waals surface area contributed by atoms with E-state index >= 15 is 0 Å². The van der Waals surface area contributed by atoms with Crippen LogP contribution in [-0.2, 0) is 0 Å². The maximum Gasteiger partial charge on any atom is 0.270 e. The van der Waals surface area contributed by atoms with Crippen molar-refractivity contribution < 1.29 is 4.79 Å². The van der Waals surface area contributed by atoms with Crippen molar-refractivity contribution in [1.82, 2.24) is 15.3 Å². The summed E-state index contributed by atoms with van der Waals surface area (Å²) in [7, 11) is 0. The Hall–Kier alpha value is -2.21. The van der Waals surface area contributed by atoms with E-state index in [1.54, 1.807) is 12.1 Å². The minimum Gasteiger partial charge on any atom is -0.347 e. The number of para-hydroxylation sites is 1. The largest absolute Gasteiger partial charge is 0.347 e. The topological polar surface area (TPSA) is 66.9 Å². The lowest BCUT2D eigenvalue weighted by molar-refractivity contribution is 0.0953. The van der Waals surface area contributed by atoms with Crippen LogP contribution in [0.25, 0.3) is 0 Å². The number of halogens is 1. The molecule has 0 atom stereocenters. The summed E-state index contributed by atoms with van der Waals surface area (Å²) in [6.45, 7) is 3.94. The fourth-order valence-corrected chi connectivity index (χ4v) is 1.87. The molecule has 0 radical (unpaired) electrons. The lowest BCUT2D eigenvalue weighted by Crippen LogP contribution is -2.24. The van der Waals surface area contributed by atoms with Gasteiger partial charge in [-0.2, -0.15) is 0 Å². The predicted molar refractivity (Wildman–Crippen MR) is 82.0 cm³/mol. The molecule has 0 aliphatic carbocycles. The highest BCUT2D eigenvalue weighted by Gasteiger charge is 2.08. The third kappa shape index (κ3) is 3.64. The molecular weight excluding hydrogens is 320 g/mol. The van der Waals surface area contributed by atoms with E-state index in [1.807, 2.05) is 24.3 Å². The second-order valence-corrected chi connectivity index (χ2v) is 4.72. The second-order valence-electron chi connectivity index (χ2n) is 3.87. The Labute approximate surface area is 125 Å². The Kier molecular flexibility index (Phi) is 4.84. The summed E-state index contributed by atoms with van der Waals surface area (Å²) in [5, 5.41) is 5.72. The highest BCUT2D eigenvalue weighted by Crippen LogP contribution is 2.23. The van der Waals surface area contributed by atoms with Gasteiger partial charge in [-0.05, 0) is 34.1 Å². The average molecular weight is 333 g/mol. The molecule has 0 saturated carbocycles. The smallest absolute Gasteiger partial charge is 0.270 e. The number of rotatable bonds is 5. The van der Waals surface area contributed by atoms with Crippen molar-refractivity contribution in [3.05, 3.63) is 59.4 Å². The summed E-state index contributed by atoms with van der Waals surface area (Å²) in [4.78, 5) is 20.1. The maximum absolute atomic E-state index is 11.8. The molecule has 1 aromatic carbocycles. The number of hydrogen-bond acceptors (Lipinski definition) is 4. The van der Waals surface area contributed by atoms with Gasteiger partial charge < -0.3 is 10.6 Å². The Bertz CT molecular complexity index is 630. The zero-order chi connectivity index (χ0) is 14.4. The van der Waals surface area contributed by atoms with Crippen molar-refractivity contribution in [3.63, 3.8) is 0 Å². The van der Waals surface area contributed by atoms with Gasteiger partial charge in [-0.15, -0.1) is 6.58 Å². The molecule has 20 heavy (non-hydrogen) atoms.